The van der Waals surface area contributed by atoms with Gasteiger partial charge in [-0.3, -0.25) is 0 Å². The van der Waals surface area contributed by atoms with Crippen LogP contribution in [0.15, 0.2) is 72.8 Å². The van der Waals surface area contributed by atoms with Crippen LogP contribution in [-0.2, 0) is 11.3 Å². The second-order valence-corrected chi connectivity index (χ2v) is 6.67. The third kappa shape index (κ3) is 3.68. The third-order valence-electron chi connectivity index (χ3n) is 4.73. The number of nitrogens with one attached hydrogen (secondary N) is 1. The molecule has 1 heterocycles. The van der Waals surface area contributed by atoms with Gasteiger partial charge < -0.3 is 10.1 Å². The standard InChI is InChI=1S/C23H21NO2/c1-16-7-8-20(13-21(16)22-14-24-22)18-9-11-19(12-10-18)23(25)26-15-17-5-3-2-4-6-17/h2-13,22,24H,14-15H2,1H3. The van der Waals surface area contributed by atoms with Crippen molar-refractivity contribution in [3.63, 3.8) is 0 Å². The van der Waals surface area contributed by atoms with Gasteiger partial charge in [-0.2, -0.15) is 0 Å². The van der Waals surface area contributed by atoms with Crippen molar-refractivity contribution in [1.29, 1.82) is 0 Å². The van der Waals surface area contributed by atoms with E-state index in [1.165, 1.54) is 16.7 Å². The van der Waals surface area contributed by atoms with Crippen molar-refractivity contribution in [2.24, 2.45) is 0 Å². The number of carbonyl (C=O) groups excluding carboxylic acids is 1. The van der Waals surface area contributed by atoms with E-state index < -0.39 is 0 Å². The summed E-state index contributed by atoms with van der Waals surface area (Å²) in [6.45, 7) is 3.48. The summed E-state index contributed by atoms with van der Waals surface area (Å²) in [6.07, 6.45) is 0. The zero-order valence-corrected chi connectivity index (χ0v) is 14.7. The van der Waals surface area contributed by atoms with Gasteiger partial charge in [0.1, 0.15) is 6.61 Å². The molecule has 0 spiro atoms. The molecule has 26 heavy (non-hydrogen) atoms. The van der Waals surface area contributed by atoms with Crippen LogP contribution in [0.1, 0.15) is 33.1 Å². The maximum Gasteiger partial charge on any atom is 0.338 e. The fourth-order valence-electron chi connectivity index (χ4n) is 3.08. The summed E-state index contributed by atoms with van der Waals surface area (Å²) in [6, 6.07) is 24.3. The molecule has 3 aromatic carbocycles. The lowest BCUT2D eigenvalue weighted by Gasteiger charge is -2.09. The lowest BCUT2D eigenvalue weighted by Crippen LogP contribution is -2.05. The van der Waals surface area contributed by atoms with Crippen molar-refractivity contribution in [1.82, 2.24) is 5.32 Å². The van der Waals surface area contributed by atoms with Gasteiger partial charge in [-0.1, -0.05) is 54.6 Å². The predicted molar refractivity (Wildman–Crippen MR) is 103 cm³/mol. The molecule has 0 radical (unpaired) electrons. The van der Waals surface area contributed by atoms with Crippen LogP contribution in [0.5, 0.6) is 0 Å². The van der Waals surface area contributed by atoms with Crippen molar-refractivity contribution in [3.8, 4) is 11.1 Å². The van der Waals surface area contributed by atoms with Crippen LogP contribution >= 0.6 is 0 Å². The van der Waals surface area contributed by atoms with Gasteiger partial charge in [-0.25, -0.2) is 4.79 Å². The molecule has 3 heteroatoms. The highest BCUT2D eigenvalue weighted by atomic mass is 16.5. The Morgan fingerprint density at radius 2 is 1.69 bits per heavy atom. The van der Waals surface area contributed by atoms with E-state index in [0.29, 0.717) is 11.6 Å². The second-order valence-electron chi connectivity index (χ2n) is 6.67. The van der Waals surface area contributed by atoms with E-state index in [1.54, 1.807) is 0 Å². The summed E-state index contributed by atoms with van der Waals surface area (Å²) in [5.41, 5.74) is 6.49. The Balaban J connectivity index is 1.46. The van der Waals surface area contributed by atoms with E-state index in [-0.39, 0.29) is 12.6 Å². The molecular formula is C23H21NO2. The molecule has 1 fully saturated rings. The van der Waals surface area contributed by atoms with E-state index in [0.717, 1.165) is 17.7 Å². The van der Waals surface area contributed by atoms with Gasteiger partial charge in [0, 0.05) is 12.6 Å². The first-order valence-electron chi connectivity index (χ1n) is 8.86. The summed E-state index contributed by atoms with van der Waals surface area (Å²) in [4.78, 5) is 12.2. The van der Waals surface area contributed by atoms with Crippen molar-refractivity contribution in [2.75, 3.05) is 6.54 Å². The lowest BCUT2D eigenvalue weighted by molar-refractivity contribution is 0.0473. The Kier molecular flexibility index (Phi) is 4.55. The number of benzene rings is 3. The van der Waals surface area contributed by atoms with Gasteiger partial charge in [-0.05, 0) is 52.9 Å². The largest absolute Gasteiger partial charge is 0.457 e. The first-order valence-corrected chi connectivity index (χ1v) is 8.86. The second kappa shape index (κ2) is 7.14. The smallest absolute Gasteiger partial charge is 0.338 e. The van der Waals surface area contributed by atoms with Gasteiger partial charge in [-0.15, -0.1) is 0 Å². The number of esters is 1. The van der Waals surface area contributed by atoms with Crippen molar-refractivity contribution in [3.05, 3.63) is 95.1 Å². The third-order valence-corrected chi connectivity index (χ3v) is 4.73. The highest BCUT2D eigenvalue weighted by molar-refractivity contribution is 5.90. The van der Waals surface area contributed by atoms with E-state index in [9.17, 15) is 4.79 Å². The summed E-state index contributed by atoms with van der Waals surface area (Å²) < 4.78 is 5.39. The van der Waals surface area contributed by atoms with Crippen molar-refractivity contribution >= 4 is 5.97 Å². The molecule has 1 unspecified atom stereocenters. The molecule has 0 bridgehead atoms. The van der Waals surface area contributed by atoms with Gasteiger partial charge in [0.2, 0.25) is 0 Å². The Bertz CT molecular complexity index is 913. The maximum absolute atomic E-state index is 12.2. The molecule has 1 saturated heterocycles. The topological polar surface area (TPSA) is 48.2 Å². The van der Waals surface area contributed by atoms with Crippen molar-refractivity contribution in [2.45, 2.75) is 19.6 Å². The van der Waals surface area contributed by atoms with E-state index in [1.807, 2.05) is 54.6 Å². The fraction of sp³-hybridized carbons (Fsp3) is 0.174. The van der Waals surface area contributed by atoms with E-state index >= 15 is 0 Å². The molecule has 1 aliphatic rings. The number of carbonyl (C=O) groups is 1. The molecule has 3 aromatic rings. The molecule has 130 valence electrons. The first-order chi connectivity index (χ1) is 12.7. The average Bonchev–Trinajstić information content (AvgIpc) is 3.53. The van der Waals surface area contributed by atoms with Crippen LogP contribution in [0.3, 0.4) is 0 Å². The minimum Gasteiger partial charge on any atom is -0.457 e. The Morgan fingerprint density at radius 3 is 2.38 bits per heavy atom. The minimum absolute atomic E-state index is 0.289. The number of hydrogen-bond donors (Lipinski definition) is 1. The van der Waals surface area contributed by atoms with Gasteiger partial charge >= 0.3 is 5.97 Å². The van der Waals surface area contributed by atoms with E-state index in [2.05, 4.69) is 30.4 Å². The van der Waals surface area contributed by atoms with Crippen LogP contribution in [-0.4, -0.2) is 12.5 Å². The normalized spacial score (nSPS) is 15.5. The van der Waals surface area contributed by atoms with Crippen LogP contribution in [0.4, 0.5) is 0 Å². The highest BCUT2D eigenvalue weighted by Crippen LogP contribution is 2.30. The average molecular weight is 343 g/mol. The van der Waals surface area contributed by atoms with Gasteiger partial charge in [0.15, 0.2) is 0 Å². The van der Waals surface area contributed by atoms with E-state index in [4.69, 9.17) is 4.74 Å². The molecule has 0 amide bonds. The molecule has 3 nitrogen and oxygen atoms in total. The molecule has 4 rings (SSSR count). The Morgan fingerprint density at radius 1 is 1.00 bits per heavy atom. The monoisotopic (exact) mass is 343 g/mol. The molecule has 1 aliphatic heterocycles. The van der Waals surface area contributed by atoms with Crippen LogP contribution in [0.2, 0.25) is 0 Å². The molecule has 0 aromatic heterocycles. The summed E-state index contributed by atoms with van der Waals surface area (Å²) in [5.74, 6) is -0.299. The summed E-state index contributed by atoms with van der Waals surface area (Å²) in [5, 5.41) is 3.36. The van der Waals surface area contributed by atoms with Crippen LogP contribution in [0, 0.1) is 6.92 Å². The fourth-order valence-corrected chi connectivity index (χ4v) is 3.08. The molecule has 0 aliphatic carbocycles. The molecule has 0 saturated carbocycles. The number of rotatable bonds is 5. The molecular weight excluding hydrogens is 322 g/mol. The Hall–Kier alpha value is -2.91. The number of ether oxygens (including phenoxy) is 1. The Labute approximate surface area is 153 Å². The van der Waals surface area contributed by atoms with Crippen molar-refractivity contribution < 1.29 is 9.53 Å². The highest BCUT2D eigenvalue weighted by Gasteiger charge is 2.24. The van der Waals surface area contributed by atoms with Crippen LogP contribution in [0.25, 0.3) is 11.1 Å². The maximum atomic E-state index is 12.2. The zero-order valence-electron chi connectivity index (χ0n) is 14.7. The zero-order chi connectivity index (χ0) is 17.9. The number of hydrogen-bond acceptors (Lipinski definition) is 3. The summed E-state index contributed by atoms with van der Waals surface area (Å²) >= 11 is 0. The quantitative estimate of drug-likeness (QED) is 0.541. The predicted octanol–water partition coefficient (Wildman–Crippen LogP) is 4.66. The summed E-state index contributed by atoms with van der Waals surface area (Å²) in [7, 11) is 0. The lowest BCUT2D eigenvalue weighted by atomic mass is 9.97. The molecule has 1 N–H and O–H groups in total. The molecule has 1 atom stereocenters. The SMILES string of the molecule is Cc1ccc(-c2ccc(C(=O)OCc3ccccc3)cc2)cc1C1CN1. The van der Waals surface area contributed by atoms with Crippen LogP contribution < -0.4 is 5.32 Å². The van der Waals surface area contributed by atoms with Gasteiger partial charge in [0.05, 0.1) is 5.56 Å². The first kappa shape index (κ1) is 16.6. The minimum atomic E-state index is -0.299. The van der Waals surface area contributed by atoms with Gasteiger partial charge in [0.25, 0.3) is 0 Å². The number of aryl methyl sites for hydroxylation is 1.